The van der Waals surface area contributed by atoms with Crippen LogP contribution >= 0.6 is 0 Å². The van der Waals surface area contributed by atoms with Crippen molar-refractivity contribution in [1.82, 2.24) is 20.1 Å². The summed E-state index contributed by atoms with van der Waals surface area (Å²) in [6.07, 6.45) is 2.98. The second-order valence-electron chi connectivity index (χ2n) is 6.12. The summed E-state index contributed by atoms with van der Waals surface area (Å²) in [6, 6.07) is 5.14. The molecule has 1 aromatic heterocycles. The number of benzene rings is 1. The van der Waals surface area contributed by atoms with E-state index in [0.29, 0.717) is 5.56 Å². The van der Waals surface area contributed by atoms with Gasteiger partial charge in [0.15, 0.2) is 0 Å². The normalized spacial score (nSPS) is 16.1. The minimum Gasteiger partial charge on any atom is -0.384 e. The molecular formula is C16H20FN5O2. The van der Waals surface area contributed by atoms with Gasteiger partial charge in [0.2, 0.25) is 5.95 Å². The predicted octanol–water partition coefficient (Wildman–Crippen LogP) is 1.78. The molecule has 0 saturated carbocycles. The van der Waals surface area contributed by atoms with Crippen LogP contribution in [0, 0.1) is 5.82 Å². The molecule has 0 saturated heterocycles. The number of rotatable bonds is 4. The lowest BCUT2D eigenvalue weighted by molar-refractivity contribution is 0.0596. The fraction of sp³-hybridized carbons (Fsp3) is 0.438. The number of urea groups is 1. The average molecular weight is 333 g/mol. The number of nitrogens with one attached hydrogen (secondary N) is 2. The van der Waals surface area contributed by atoms with Gasteiger partial charge in [0.05, 0.1) is 6.54 Å². The van der Waals surface area contributed by atoms with Crippen LogP contribution in [0.15, 0.2) is 24.3 Å². The number of halogens is 1. The summed E-state index contributed by atoms with van der Waals surface area (Å²) in [5, 5.41) is 19.8. The fourth-order valence-electron chi connectivity index (χ4n) is 2.66. The third kappa shape index (κ3) is 3.70. The summed E-state index contributed by atoms with van der Waals surface area (Å²) in [6.45, 7) is 2.24. The number of hydrogen-bond donors (Lipinski definition) is 3. The molecule has 3 N–H and O–H groups in total. The van der Waals surface area contributed by atoms with E-state index in [1.54, 1.807) is 10.7 Å². The average Bonchev–Trinajstić information content (AvgIpc) is 2.95. The van der Waals surface area contributed by atoms with Crippen molar-refractivity contribution >= 4 is 12.0 Å². The molecule has 1 aromatic carbocycles. The Morgan fingerprint density at radius 2 is 2.29 bits per heavy atom. The maximum Gasteiger partial charge on any atom is 0.321 e. The zero-order valence-corrected chi connectivity index (χ0v) is 13.4. The molecular weight excluding hydrogens is 313 g/mol. The van der Waals surface area contributed by atoms with Crippen molar-refractivity contribution in [3.63, 3.8) is 0 Å². The van der Waals surface area contributed by atoms with E-state index in [1.165, 1.54) is 25.1 Å². The zero-order valence-electron chi connectivity index (χ0n) is 13.4. The summed E-state index contributed by atoms with van der Waals surface area (Å²) in [4.78, 5) is 16.2. The number of fused-ring (bicyclic) bond motifs is 1. The molecule has 2 amide bonds. The highest BCUT2D eigenvalue weighted by atomic mass is 19.1. The van der Waals surface area contributed by atoms with E-state index in [9.17, 15) is 14.3 Å². The Kier molecular flexibility index (Phi) is 4.48. The lowest BCUT2D eigenvalue weighted by Gasteiger charge is -2.24. The van der Waals surface area contributed by atoms with E-state index in [-0.39, 0.29) is 12.5 Å². The highest BCUT2D eigenvalue weighted by Gasteiger charge is 2.24. The maximum absolute atomic E-state index is 13.3. The van der Waals surface area contributed by atoms with Crippen LogP contribution < -0.4 is 10.6 Å². The van der Waals surface area contributed by atoms with Crippen LogP contribution in [0.2, 0.25) is 0 Å². The quantitative estimate of drug-likeness (QED) is 0.795. The van der Waals surface area contributed by atoms with Crippen LogP contribution in [0.4, 0.5) is 15.1 Å². The molecule has 2 heterocycles. The number of anilines is 1. The van der Waals surface area contributed by atoms with E-state index < -0.39 is 17.4 Å². The second-order valence-corrected chi connectivity index (χ2v) is 6.12. The van der Waals surface area contributed by atoms with Crippen LogP contribution in [-0.2, 0) is 18.6 Å². The number of nitrogens with zero attached hydrogens (tertiary/aromatic N) is 3. The third-order valence-corrected chi connectivity index (χ3v) is 4.03. The molecule has 0 radical (unpaired) electrons. The van der Waals surface area contributed by atoms with Crippen LogP contribution in [0.3, 0.4) is 0 Å². The Morgan fingerprint density at radius 1 is 1.46 bits per heavy atom. The molecule has 0 spiro atoms. The Bertz CT molecular complexity index is 720. The van der Waals surface area contributed by atoms with Gasteiger partial charge in [-0.1, -0.05) is 12.1 Å². The van der Waals surface area contributed by atoms with Gasteiger partial charge in [0, 0.05) is 13.0 Å². The smallest absolute Gasteiger partial charge is 0.321 e. The van der Waals surface area contributed by atoms with Crippen LogP contribution in [0.5, 0.6) is 0 Å². The Balaban J connectivity index is 1.58. The first kappa shape index (κ1) is 16.4. The first-order valence-corrected chi connectivity index (χ1v) is 7.91. The van der Waals surface area contributed by atoms with Gasteiger partial charge in [0.1, 0.15) is 17.2 Å². The zero-order chi connectivity index (χ0) is 17.2. The number of hydrogen-bond acceptors (Lipinski definition) is 4. The van der Waals surface area contributed by atoms with Crippen LogP contribution in [0.1, 0.15) is 31.2 Å². The van der Waals surface area contributed by atoms with Crippen LogP contribution in [0.25, 0.3) is 0 Å². The summed E-state index contributed by atoms with van der Waals surface area (Å²) >= 11 is 0. The largest absolute Gasteiger partial charge is 0.384 e. The molecule has 1 aliphatic rings. The van der Waals surface area contributed by atoms with E-state index >= 15 is 0 Å². The Labute approximate surface area is 138 Å². The van der Waals surface area contributed by atoms with Gasteiger partial charge in [-0.15, -0.1) is 5.10 Å². The number of aryl methyl sites for hydroxylation is 2. The molecule has 1 aliphatic heterocycles. The number of carbonyl (C=O) groups is 1. The van der Waals surface area contributed by atoms with Crippen molar-refractivity contribution in [2.75, 3.05) is 11.9 Å². The van der Waals surface area contributed by atoms with Gasteiger partial charge in [0.25, 0.3) is 0 Å². The molecule has 0 bridgehead atoms. The summed E-state index contributed by atoms with van der Waals surface area (Å²) in [7, 11) is 0. The molecule has 3 rings (SSSR count). The third-order valence-electron chi connectivity index (χ3n) is 4.03. The number of amides is 2. The first-order valence-electron chi connectivity index (χ1n) is 7.91. The molecule has 8 heteroatoms. The molecule has 0 unspecified atom stereocenters. The highest BCUT2D eigenvalue weighted by molar-refractivity contribution is 5.87. The minimum absolute atomic E-state index is 0.0736. The second kappa shape index (κ2) is 6.56. The van der Waals surface area contributed by atoms with Crippen molar-refractivity contribution in [3.8, 4) is 0 Å². The number of aliphatic hydroxyl groups is 1. The summed E-state index contributed by atoms with van der Waals surface area (Å²) < 4.78 is 15.1. The van der Waals surface area contributed by atoms with E-state index in [2.05, 4.69) is 20.7 Å². The number of carbonyl (C=O) groups excluding carboxylic acids is 1. The van der Waals surface area contributed by atoms with Gasteiger partial charge in [-0.25, -0.2) is 13.9 Å². The van der Waals surface area contributed by atoms with Gasteiger partial charge in [-0.05, 0) is 37.5 Å². The van der Waals surface area contributed by atoms with Gasteiger partial charge in [-0.2, -0.15) is 4.98 Å². The van der Waals surface area contributed by atoms with E-state index in [0.717, 1.165) is 31.6 Å². The van der Waals surface area contributed by atoms with Crippen molar-refractivity contribution in [2.45, 2.75) is 38.3 Å². The maximum atomic E-state index is 13.3. The van der Waals surface area contributed by atoms with Gasteiger partial charge < -0.3 is 10.4 Å². The van der Waals surface area contributed by atoms with Crippen molar-refractivity contribution in [3.05, 3.63) is 41.5 Å². The minimum atomic E-state index is -1.39. The number of aromatic nitrogens is 3. The molecule has 128 valence electrons. The Hall–Kier alpha value is -2.48. The monoisotopic (exact) mass is 333 g/mol. The Morgan fingerprint density at radius 3 is 3.04 bits per heavy atom. The molecule has 7 nitrogen and oxygen atoms in total. The molecule has 1 atom stereocenters. The molecule has 24 heavy (non-hydrogen) atoms. The first-order chi connectivity index (χ1) is 11.4. The van der Waals surface area contributed by atoms with Crippen molar-refractivity contribution in [1.29, 1.82) is 0 Å². The fourth-order valence-corrected chi connectivity index (χ4v) is 2.66. The predicted molar refractivity (Wildman–Crippen MR) is 86.0 cm³/mol. The standard InChI is InChI=1S/C16H20FN5O2/c1-16(24,11-5-4-6-12(17)9-11)10-18-15(23)20-14-19-13-7-2-3-8-22(13)21-14/h4-6,9,24H,2-3,7-8,10H2,1H3,(H2,18,20,21,23)/t16-/m0/s1. The van der Waals surface area contributed by atoms with E-state index in [1.807, 2.05) is 0 Å². The topological polar surface area (TPSA) is 92.1 Å². The highest BCUT2D eigenvalue weighted by Crippen LogP contribution is 2.20. The van der Waals surface area contributed by atoms with Crippen molar-refractivity contribution < 1.29 is 14.3 Å². The molecule has 0 aliphatic carbocycles. The summed E-state index contributed by atoms with van der Waals surface area (Å²) in [5.41, 5.74) is -1.00. The SMILES string of the molecule is C[C@](O)(CNC(=O)Nc1nc2n(n1)CCCC2)c1cccc(F)c1. The summed E-state index contributed by atoms with van der Waals surface area (Å²) in [5.74, 6) is 0.670. The lowest BCUT2D eigenvalue weighted by atomic mass is 9.96. The molecule has 0 fully saturated rings. The van der Waals surface area contributed by atoms with Gasteiger partial charge in [-0.3, -0.25) is 5.32 Å². The van der Waals surface area contributed by atoms with E-state index in [4.69, 9.17) is 0 Å². The van der Waals surface area contributed by atoms with Crippen LogP contribution in [-0.4, -0.2) is 32.4 Å². The van der Waals surface area contributed by atoms with Crippen molar-refractivity contribution in [2.24, 2.45) is 0 Å². The van der Waals surface area contributed by atoms with Gasteiger partial charge >= 0.3 is 6.03 Å². The lowest BCUT2D eigenvalue weighted by Crippen LogP contribution is -2.40. The molecule has 2 aromatic rings.